The van der Waals surface area contributed by atoms with E-state index in [-0.39, 0.29) is 37.0 Å². The molecule has 0 radical (unpaired) electrons. The van der Waals surface area contributed by atoms with Gasteiger partial charge in [-0.05, 0) is 53.8 Å². The maximum absolute atomic E-state index is 13.2. The average molecular weight is 450 g/mol. The lowest BCUT2D eigenvalue weighted by molar-refractivity contribution is -0.116. The van der Waals surface area contributed by atoms with E-state index < -0.39 is 6.04 Å². The number of rotatable bonds is 6. The first kappa shape index (κ1) is 21.9. The van der Waals surface area contributed by atoms with Gasteiger partial charge in [0.1, 0.15) is 6.33 Å². The third-order valence-electron chi connectivity index (χ3n) is 5.03. The Morgan fingerprint density at radius 2 is 2.13 bits per heavy atom. The van der Waals surface area contributed by atoms with Gasteiger partial charge in [0.05, 0.1) is 12.4 Å². The number of thiophene rings is 1. The molecule has 30 heavy (non-hydrogen) atoms. The van der Waals surface area contributed by atoms with Crippen LogP contribution in [0.3, 0.4) is 0 Å². The minimum atomic E-state index is -0.400. The fourth-order valence-electron chi connectivity index (χ4n) is 3.46. The van der Waals surface area contributed by atoms with Gasteiger partial charge < -0.3 is 11.1 Å². The zero-order valence-electron chi connectivity index (χ0n) is 15.9. The minimum absolute atomic E-state index is 0. The van der Waals surface area contributed by atoms with Gasteiger partial charge in [0, 0.05) is 28.4 Å². The number of fused-ring (bicyclic) bond motifs is 1. The van der Waals surface area contributed by atoms with Crippen LogP contribution in [0.1, 0.15) is 29.3 Å². The molecular formula is C20H21ClFN5O2S. The highest BCUT2D eigenvalue weighted by atomic mass is 35.5. The van der Waals surface area contributed by atoms with Crippen LogP contribution in [0.2, 0.25) is 0 Å². The van der Waals surface area contributed by atoms with Gasteiger partial charge in [0.25, 0.3) is 0 Å². The van der Waals surface area contributed by atoms with E-state index in [9.17, 15) is 14.0 Å². The van der Waals surface area contributed by atoms with Crippen molar-refractivity contribution >= 4 is 35.3 Å². The average Bonchev–Trinajstić information content (AvgIpc) is 3.38. The fourth-order valence-corrected chi connectivity index (χ4v) is 4.56. The lowest BCUT2D eigenvalue weighted by Gasteiger charge is -2.17. The number of carbonyl (C=O) groups excluding carboxylic acids is 1. The molecule has 10 heteroatoms. The smallest absolute Gasteiger partial charge is 0.327 e. The molecule has 1 aliphatic heterocycles. The van der Waals surface area contributed by atoms with Crippen molar-refractivity contribution in [3.8, 4) is 10.4 Å². The number of amides is 1. The van der Waals surface area contributed by atoms with E-state index in [0.29, 0.717) is 24.7 Å². The van der Waals surface area contributed by atoms with Crippen LogP contribution in [-0.2, 0) is 11.2 Å². The summed E-state index contributed by atoms with van der Waals surface area (Å²) in [5.41, 5.74) is 8.68. The van der Waals surface area contributed by atoms with Crippen LogP contribution in [0.5, 0.6) is 0 Å². The van der Waals surface area contributed by atoms with E-state index in [1.54, 1.807) is 0 Å². The van der Waals surface area contributed by atoms with Crippen LogP contribution in [-0.4, -0.2) is 27.2 Å². The number of hydrogen-bond donors (Lipinski definition) is 3. The lowest BCUT2D eigenvalue weighted by Crippen LogP contribution is -2.23. The summed E-state index contributed by atoms with van der Waals surface area (Å²) in [6.45, 7) is 0.0778. The molecule has 4 N–H and O–H groups in total. The SMILES string of the molecule is Cl.NC/C(=C/F)CC(c1ccc(-c2ccc3c(c2)CCC(=O)N3)s1)n1cn[nH]c1=O. The normalized spacial score (nSPS) is 14.6. The zero-order chi connectivity index (χ0) is 20.4. The van der Waals surface area contributed by atoms with E-state index >= 15 is 0 Å². The number of hydrogen-bond acceptors (Lipinski definition) is 5. The Labute approximate surface area is 182 Å². The molecule has 0 spiro atoms. The first-order chi connectivity index (χ1) is 14.1. The summed E-state index contributed by atoms with van der Waals surface area (Å²) >= 11 is 1.54. The number of aromatic amines is 1. The van der Waals surface area contributed by atoms with E-state index in [1.165, 1.54) is 22.2 Å². The maximum atomic E-state index is 13.2. The molecule has 4 rings (SSSR count). The number of halogens is 2. The second-order valence-electron chi connectivity index (χ2n) is 6.88. The first-order valence-corrected chi connectivity index (χ1v) is 10.0. The summed E-state index contributed by atoms with van der Waals surface area (Å²) in [6, 6.07) is 9.49. The number of aryl methyl sites for hydroxylation is 1. The summed E-state index contributed by atoms with van der Waals surface area (Å²) in [7, 11) is 0. The van der Waals surface area contributed by atoms with Crippen molar-refractivity contribution in [2.45, 2.75) is 25.3 Å². The van der Waals surface area contributed by atoms with Crippen LogP contribution in [0.15, 0.2) is 53.4 Å². The fraction of sp³-hybridized carbons (Fsp3) is 0.250. The first-order valence-electron chi connectivity index (χ1n) is 9.21. The van der Waals surface area contributed by atoms with Crippen molar-refractivity contribution in [3.05, 3.63) is 69.5 Å². The van der Waals surface area contributed by atoms with Gasteiger partial charge in [-0.1, -0.05) is 6.07 Å². The molecule has 1 amide bonds. The summed E-state index contributed by atoms with van der Waals surface area (Å²) in [5, 5.41) is 9.07. The molecular weight excluding hydrogens is 429 g/mol. The molecule has 3 aromatic rings. The number of nitrogens with zero attached hydrogens (tertiary/aromatic N) is 2. The van der Waals surface area contributed by atoms with Crippen molar-refractivity contribution in [2.75, 3.05) is 11.9 Å². The lowest BCUT2D eigenvalue weighted by atomic mass is 10.00. The molecule has 2 aromatic heterocycles. The van der Waals surface area contributed by atoms with Gasteiger partial charge in [-0.3, -0.25) is 9.36 Å². The maximum Gasteiger partial charge on any atom is 0.343 e. The van der Waals surface area contributed by atoms with Crippen LogP contribution >= 0.6 is 23.7 Å². The van der Waals surface area contributed by atoms with E-state index in [0.717, 1.165) is 26.6 Å². The third kappa shape index (κ3) is 4.38. The Kier molecular flexibility index (Phi) is 6.86. The van der Waals surface area contributed by atoms with Gasteiger partial charge in [-0.15, -0.1) is 23.7 Å². The van der Waals surface area contributed by atoms with Crippen molar-refractivity contribution in [1.82, 2.24) is 14.8 Å². The van der Waals surface area contributed by atoms with Crippen LogP contribution in [0.25, 0.3) is 10.4 Å². The standard InChI is InChI=1S/C20H20FN5O2S.ClH/c21-9-12(10-22)7-16(26-11-23-25-20(26)28)18-5-4-17(29-18)14-1-3-15-13(8-14)2-6-19(27)24-15;/h1,3-5,8-9,11,16H,2,6-7,10,22H2,(H,24,27)(H,25,28);1H/b12-9+;. The Morgan fingerprint density at radius 3 is 2.83 bits per heavy atom. The molecule has 1 atom stereocenters. The summed E-state index contributed by atoms with van der Waals surface area (Å²) in [4.78, 5) is 25.6. The number of nitrogens with two attached hydrogens (primary N) is 1. The number of aromatic nitrogens is 3. The van der Waals surface area contributed by atoms with Crippen molar-refractivity contribution < 1.29 is 9.18 Å². The molecule has 158 valence electrons. The Morgan fingerprint density at radius 1 is 1.30 bits per heavy atom. The molecule has 1 aromatic carbocycles. The predicted molar refractivity (Wildman–Crippen MR) is 118 cm³/mol. The van der Waals surface area contributed by atoms with E-state index in [2.05, 4.69) is 21.6 Å². The molecule has 0 aliphatic carbocycles. The van der Waals surface area contributed by atoms with E-state index in [4.69, 9.17) is 5.73 Å². The summed E-state index contributed by atoms with van der Waals surface area (Å²) in [5.74, 6) is 0.0358. The van der Waals surface area contributed by atoms with Crippen molar-refractivity contribution in [3.63, 3.8) is 0 Å². The molecule has 0 fully saturated rings. The summed E-state index contributed by atoms with van der Waals surface area (Å²) in [6.07, 6.45) is 3.39. The van der Waals surface area contributed by atoms with Crippen LogP contribution in [0.4, 0.5) is 10.1 Å². The highest BCUT2D eigenvalue weighted by Crippen LogP contribution is 2.37. The van der Waals surface area contributed by atoms with Gasteiger partial charge in [0.15, 0.2) is 0 Å². The number of carbonyl (C=O) groups is 1. The zero-order valence-corrected chi connectivity index (χ0v) is 17.6. The number of anilines is 1. The quantitative estimate of drug-likeness (QED) is 0.536. The van der Waals surface area contributed by atoms with Crippen LogP contribution in [0, 0.1) is 0 Å². The second-order valence-corrected chi connectivity index (χ2v) is 8.00. The molecule has 0 bridgehead atoms. The van der Waals surface area contributed by atoms with Gasteiger partial charge in [-0.2, -0.15) is 5.10 Å². The monoisotopic (exact) mass is 449 g/mol. The van der Waals surface area contributed by atoms with Gasteiger partial charge in [0.2, 0.25) is 5.91 Å². The number of H-pyrrole nitrogens is 1. The molecule has 1 aliphatic rings. The molecule has 7 nitrogen and oxygen atoms in total. The van der Waals surface area contributed by atoms with E-state index in [1.807, 2.05) is 24.3 Å². The molecule has 0 saturated heterocycles. The highest BCUT2D eigenvalue weighted by Gasteiger charge is 2.21. The predicted octanol–water partition coefficient (Wildman–Crippen LogP) is 3.40. The summed E-state index contributed by atoms with van der Waals surface area (Å²) < 4.78 is 14.6. The highest BCUT2D eigenvalue weighted by molar-refractivity contribution is 7.15. The number of benzene rings is 1. The van der Waals surface area contributed by atoms with Crippen molar-refractivity contribution in [1.29, 1.82) is 0 Å². The molecule has 0 saturated carbocycles. The van der Waals surface area contributed by atoms with Gasteiger partial charge >= 0.3 is 5.69 Å². The third-order valence-corrected chi connectivity index (χ3v) is 6.26. The molecule has 3 heterocycles. The topological polar surface area (TPSA) is 106 Å². The minimum Gasteiger partial charge on any atom is -0.327 e. The van der Waals surface area contributed by atoms with Crippen LogP contribution < -0.4 is 16.7 Å². The Bertz CT molecular complexity index is 1140. The Hall–Kier alpha value is -2.75. The second kappa shape index (κ2) is 9.38. The number of nitrogens with one attached hydrogen (secondary N) is 2. The van der Waals surface area contributed by atoms with Gasteiger partial charge in [-0.25, -0.2) is 14.3 Å². The Balaban J connectivity index is 0.00000256. The largest absolute Gasteiger partial charge is 0.343 e. The molecule has 1 unspecified atom stereocenters. The van der Waals surface area contributed by atoms with Crippen molar-refractivity contribution in [2.24, 2.45) is 5.73 Å².